The van der Waals surface area contributed by atoms with E-state index >= 15 is 0 Å². The molecule has 0 saturated carbocycles. The third-order valence-corrected chi connectivity index (χ3v) is 6.87. The van der Waals surface area contributed by atoms with Crippen molar-refractivity contribution < 1.29 is 14.3 Å². The summed E-state index contributed by atoms with van der Waals surface area (Å²) in [5.41, 5.74) is 6.04. The average molecular weight is 517 g/mol. The van der Waals surface area contributed by atoms with Crippen molar-refractivity contribution in [3.63, 3.8) is 0 Å². The first-order valence-corrected chi connectivity index (χ1v) is 13.5. The summed E-state index contributed by atoms with van der Waals surface area (Å²) in [7, 11) is 0. The molecule has 2 amide bonds. The first-order chi connectivity index (χ1) is 17.9. The van der Waals surface area contributed by atoms with Gasteiger partial charge in [-0.15, -0.1) is 0 Å². The molecule has 3 aromatic rings. The second-order valence-corrected chi connectivity index (χ2v) is 11.7. The Morgan fingerprint density at radius 1 is 1.00 bits per heavy atom. The molecule has 2 aromatic carbocycles. The second-order valence-electron chi connectivity index (χ2n) is 11.7. The van der Waals surface area contributed by atoms with E-state index in [0.717, 1.165) is 41.0 Å². The van der Waals surface area contributed by atoms with Gasteiger partial charge in [0, 0.05) is 24.7 Å². The highest BCUT2D eigenvalue weighted by atomic mass is 16.6. The van der Waals surface area contributed by atoms with E-state index in [2.05, 4.69) is 54.6 Å². The molecule has 0 atom stereocenters. The number of carbonyl (C=O) groups excluding carboxylic acids is 2. The van der Waals surface area contributed by atoms with E-state index < -0.39 is 5.60 Å². The number of hydrogen-bond donors (Lipinski definition) is 1. The van der Waals surface area contributed by atoms with Gasteiger partial charge in [0.15, 0.2) is 0 Å². The number of aryl methyl sites for hydroxylation is 2. The molecule has 0 spiro atoms. The Labute approximate surface area is 226 Å². The topological polar surface area (TPSA) is 76.5 Å². The van der Waals surface area contributed by atoms with Gasteiger partial charge in [-0.1, -0.05) is 32.0 Å². The zero-order chi connectivity index (χ0) is 27.6. The van der Waals surface area contributed by atoms with Crippen molar-refractivity contribution >= 4 is 17.7 Å². The van der Waals surface area contributed by atoms with Crippen molar-refractivity contribution in [1.82, 2.24) is 14.7 Å². The highest BCUT2D eigenvalue weighted by molar-refractivity contribution is 6.05. The highest BCUT2D eigenvalue weighted by Gasteiger charge is 2.32. The van der Waals surface area contributed by atoms with E-state index in [1.807, 2.05) is 51.4 Å². The molecule has 1 N–H and O–H groups in total. The van der Waals surface area contributed by atoms with E-state index in [4.69, 9.17) is 4.74 Å². The third-order valence-electron chi connectivity index (χ3n) is 6.87. The fraction of sp³-hybridized carbons (Fsp3) is 0.452. The fourth-order valence-corrected chi connectivity index (χ4v) is 5.04. The van der Waals surface area contributed by atoms with Crippen LogP contribution >= 0.6 is 0 Å². The van der Waals surface area contributed by atoms with E-state index in [0.29, 0.717) is 24.6 Å². The van der Waals surface area contributed by atoms with Gasteiger partial charge in [0.05, 0.1) is 23.1 Å². The third kappa shape index (κ3) is 6.44. The SMILES string of the molecule is Cc1cc(C)cc(NC(=O)c2cnn(-c3ccc(C(C)C)cc3)c2C2CCN(C(=O)OC(C)(C)C)CC2)c1. The Bertz CT molecular complexity index is 1270. The number of nitrogens with zero attached hydrogens (tertiary/aromatic N) is 3. The normalized spacial score (nSPS) is 14.6. The molecule has 7 nitrogen and oxygen atoms in total. The number of likely N-dealkylation sites (tertiary alicyclic amines) is 1. The van der Waals surface area contributed by atoms with Crippen LogP contribution in [0.5, 0.6) is 0 Å². The Morgan fingerprint density at radius 3 is 2.16 bits per heavy atom. The molecule has 0 unspecified atom stereocenters. The monoisotopic (exact) mass is 516 g/mol. The number of piperidine rings is 1. The van der Waals surface area contributed by atoms with Crippen molar-refractivity contribution in [2.24, 2.45) is 0 Å². The Morgan fingerprint density at radius 2 is 1.61 bits per heavy atom. The van der Waals surface area contributed by atoms with Gasteiger partial charge in [-0.3, -0.25) is 4.79 Å². The van der Waals surface area contributed by atoms with Crippen LogP contribution in [0.2, 0.25) is 0 Å². The van der Waals surface area contributed by atoms with Gasteiger partial charge in [0.2, 0.25) is 0 Å². The number of carbonyl (C=O) groups is 2. The van der Waals surface area contributed by atoms with Crippen LogP contribution in [0, 0.1) is 13.8 Å². The molecule has 1 aliphatic rings. The summed E-state index contributed by atoms with van der Waals surface area (Å²) in [5, 5.41) is 7.77. The highest BCUT2D eigenvalue weighted by Crippen LogP contribution is 2.33. The summed E-state index contributed by atoms with van der Waals surface area (Å²) in [6.07, 6.45) is 2.82. The predicted molar refractivity (Wildman–Crippen MR) is 151 cm³/mol. The van der Waals surface area contributed by atoms with Crippen LogP contribution in [0.3, 0.4) is 0 Å². The van der Waals surface area contributed by atoms with Crippen molar-refractivity contribution in [3.05, 3.63) is 76.6 Å². The first kappa shape index (κ1) is 27.4. The maximum Gasteiger partial charge on any atom is 0.410 e. The largest absolute Gasteiger partial charge is 0.444 e. The minimum absolute atomic E-state index is 0.0703. The zero-order valence-corrected chi connectivity index (χ0v) is 23.7. The lowest BCUT2D eigenvalue weighted by Gasteiger charge is -2.34. The molecular formula is C31H40N4O3. The zero-order valence-electron chi connectivity index (χ0n) is 23.7. The van der Waals surface area contributed by atoms with Gasteiger partial charge in [0.1, 0.15) is 5.60 Å². The van der Waals surface area contributed by atoms with Crippen molar-refractivity contribution in [1.29, 1.82) is 0 Å². The number of ether oxygens (including phenoxy) is 1. The molecule has 0 aliphatic carbocycles. The first-order valence-electron chi connectivity index (χ1n) is 13.5. The smallest absolute Gasteiger partial charge is 0.410 e. The summed E-state index contributed by atoms with van der Waals surface area (Å²) in [5.74, 6) is 0.322. The minimum Gasteiger partial charge on any atom is -0.444 e. The number of aromatic nitrogens is 2. The molecule has 38 heavy (non-hydrogen) atoms. The van der Waals surface area contributed by atoms with Crippen LogP contribution < -0.4 is 5.32 Å². The Balaban J connectivity index is 1.64. The summed E-state index contributed by atoms with van der Waals surface area (Å²) in [6.45, 7) is 15.1. The summed E-state index contributed by atoms with van der Waals surface area (Å²) >= 11 is 0. The van der Waals surface area contributed by atoms with E-state index in [-0.39, 0.29) is 17.9 Å². The molecule has 1 aliphatic heterocycles. The van der Waals surface area contributed by atoms with Crippen LogP contribution in [-0.4, -0.2) is 45.4 Å². The van der Waals surface area contributed by atoms with Crippen LogP contribution in [0.1, 0.15) is 92.0 Å². The van der Waals surface area contributed by atoms with E-state index in [1.54, 1.807) is 11.1 Å². The molecule has 7 heteroatoms. The minimum atomic E-state index is -0.534. The van der Waals surface area contributed by atoms with Crippen LogP contribution in [-0.2, 0) is 4.74 Å². The molecule has 202 valence electrons. The van der Waals surface area contributed by atoms with Gasteiger partial charge in [-0.2, -0.15) is 5.10 Å². The van der Waals surface area contributed by atoms with Crippen molar-refractivity contribution in [2.75, 3.05) is 18.4 Å². The number of amides is 2. The van der Waals surface area contributed by atoms with Crippen LogP contribution in [0.25, 0.3) is 5.69 Å². The molecular weight excluding hydrogens is 476 g/mol. The van der Waals surface area contributed by atoms with Gasteiger partial charge < -0.3 is 15.0 Å². The summed E-state index contributed by atoms with van der Waals surface area (Å²) in [4.78, 5) is 28.0. The molecule has 0 radical (unpaired) electrons. The van der Waals surface area contributed by atoms with Gasteiger partial charge in [0.25, 0.3) is 5.91 Å². The van der Waals surface area contributed by atoms with Gasteiger partial charge in [-0.25, -0.2) is 9.48 Å². The Kier molecular flexibility index (Phi) is 7.95. The lowest BCUT2D eigenvalue weighted by Crippen LogP contribution is -2.41. The molecule has 0 bridgehead atoms. The number of nitrogens with one attached hydrogen (secondary N) is 1. The van der Waals surface area contributed by atoms with Crippen LogP contribution in [0.15, 0.2) is 48.7 Å². The summed E-state index contributed by atoms with van der Waals surface area (Å²) in [6, 6.07) is 14.4. The predicted octanol–water partition coefficient (Wildman–Crippen LogP) is 6.98. The lowest BCUT2D eigenvalue weighted by molar-refractivity contribution is 0.0203. The van der Waals surface area contributed by atoms with Gasteiger partial charge >= 0.3 is 6.09 Å². The average Bonchev–Trinajstić information content (AvgIpc) is 3.28. The number of benzene rings is 2. The fourth-order valence-electron chi connectivity index (χ4n) is 5.04. The number of rotatable bonds is 5. The summed E-state index contributed by atoms with van der Waals surface area (Å²) < 4.78 is 7.48. The quantitative estimate of drug-likeness (QED) is 0.397. The second kappa shape index (κ2) is 11.0. The molecule has 1 aromatic heterocycles. The molecule has 1 fully saturated rings. The standard InChI is InChI=1S/C31H40N4O3/c1-20(2)23-8-10-26(11-9-23)35-28(24-12-14-34(15-13-24)30(37)38-31(5,6)7)27(19-32-35)29(36)33-25-17-21(3)16-22(4)18-25/h8-11,16-20,24H,12-15H2,1-7H3,(H,33,36). The van der Waals surface area contributed by atoms with E-state index in [1.165, 1.54) is 5.56 Å². The number of anilines is 1. The Hall–Kier alpha value is -3.61. The molecule has 4 rings (SSSR count). The maximum absolute atomic E-state index is 13.6. The number of hydrogen-bond acceptors (Lipinski definition) is 4. The van der Waals surface area contributed by atoms with Crippen LogP contribution in [0.4, 0.5) is 10.5 Å². The molecule has 2 heterocycles. The lowest BCUT2D eigenvalue weighted by atomic mass is 9.90. The van der Waals surface area contributed by atoms with Gasteiger partial charge in [-0.05, 0) is 94.3 Å². The van der Waals surface area contributed by atoms with Crippen molar-refractivity contribution in [3.8, 4) is 5.69 Å². The maximum atomic E-state index is 13.6. The molecule has 1 saturated heterocycles. The van der Waals surface area contributed by atoms with Crippen molar-refractivity contribution in [2.45, 2.75) is 78.7 Å². The van der Waals surface area contributed by atoms with E-state index in [9.17, 15) is 9.59 Å².